The first-order valence-corrected chi connectivity index (χ1v) is 11.2. The Morgan fingerprint density at radius 1 is 1.10 bits per heavy atom. The number of sulfonamides is 1. The van der Waals surface area contributed by atoms with Gasteiger partial charge in [-0.15, -0.1) is 0 Å². The van der Waals surface area contributed by atoms with Gasteiger partial charge < -0.3 is 17.2 Å². The van der Waals surface area contributed by atoms with E-state index in [0.29, 0.717) is 17.9 Å². The molecule has 0 radical (unpaired) electrons. The fourth-order valence-corrected chi connectivity index (χ4v) is 4.63. The van der Waals surface area contributed by atoms with E-state index >= 15 is 0 Å². The third-order valence-corrected chi connectivity index (χ3v) is 6.49. The molecule has 1 aliphatic rings. The third kappa shape index (κ3) is 7.48. The van der Waals surface area contributed by atoms with Crippen LogP contribution in [0.3, 0.4) is 0 Å². The van der Waals surface area contributed by atoms with Gasteiger partial charge in [0.2, 0.25) is 15.9 Å². The number of anilines is 1. The van der Waals surface area contributed by atoms with E-state index in [1.807, 2.05) is 18.2 Å². The SMILES string of the molecule is O=C(O)CCNC(=O)CNc1ccc2c(c1)CC(NS(=O)(=O)c1ccc(Cl)cc1)C2.[H-].[Na+]. The summed E-state index contributed by atoms with van der Waals surface area (Å²) < 4.78 is 27.9. The van der Waals surface area contributed by atoms with Gasteiger partial charge in [0.1, 0.15) is 0 Å². The van der Waals surface area contributed by atoms with Crippen LogP contribution in [0.15, 0.2) is 47.4 Å². The van der Waals surface area contributed by atoms with Crippen molar-refractivity contribution in [2.45, 2.75) is 30.2 Å². The van der Waals surface area contributed by atoms with Gasteiger partial charge in [-0.05, 0) is 60.4 Å². The normalized spacial score (nSPS) is 14.9. The topological polar surface area (TPSA) is 125 Å². The van der Waals surface area contributed by atoms with Gasteiger partial charge in [-0.1, -0.05) is 17.7 Å². The summed E-state index contributed by atoms with van der Waals surface area (Å²) in [6, 6.07) is 11.4. The van der Waals surface area contributed by atoms with Gasteiger partial charge in [0.25, 0.3) is 0 Å². The van der Waals surface area contributed by atoms with Gasteiger partial charge in [0.15, 0.2) is 0 Å². The average Bonchev–Trinajstić information content (AvgIpc) is 3.07. The van der Waals surface area contributed by atoms with Crippen molar-refractivity contribution in [3.63, 3.8) is 0 Å². The van der Waals surface area contributed by atoms with Gasteiger partial charge in [0, 0.05) is 23.3 Å². The molecule has 8 nitrogen and oxygen atoms in total. The fraction of sp³-hybridized carbons (Fsp3) is 0.300. The first-order chi connectivity index (χ1) is 14.2. The number of fused-ring (bicyclic) bond motifs is 1. The Labute approximate surface area is 209 Å². The van der Waals surface area contributed by atoms with Gasteiger partial charge >= 0.3 is 35.5 Å². The van der Waals surface area contributed by atoms with Crippen molar-refractivity contribution in [1.82, 2.24) is 10.0 Å². The second-order valence-electron chi connectivity index (χ2n) is 7.01. The first kappa shape index (κ1) is 25.6. The van der Waals surface area contributed by atoms with E-state index in [1.54, 1.807) is 0 Å². The molecule has 4 N–H and O–H groups in total. The number of carboxylic acids is 1. The molecule has 0 bridgehead atoms. The molecule has 2 aromatic carbocycles. The molecule has 0 heterocycles. The van der Waals surface area contributed by atoms with Crippen LogP contribution in [-0.4, -0.2) is 44.5 Å². The van der Waals surface area contributed by atoms with Gasteiger partial charge in [-0.3, -0.25) is 9.59 Å². The molecule has 31 heavy (non-hydrogen) atoms. The Balaban J connectivity index is 0.00000256. The Kier molecular flexibility index (Phi) is 9.35. The number of halogens is 1. The predicted octanol–water partition coefficient (Wildman–Crippen LogP) is -1.09. The molecule has 0 fully saturated rings. The van der Waals surface area contributed by atoms with Crippen LogP contribution in [0.2, 0.25) is 5.02 Å². The summed E-state index contributed by atoms with van der Waals surface area (Å²) in [5, 5.41) is 14.6. The molecular weight excluding hydrogens is 453 g/mol. The first-order valence-electron chi connectivity index (χ1n) is 9.35. The fourth-order valence-electron chi connectivity index (χ4n) is 3.27. The second kappa shape index (κ2) is 11.3. The minimum atomic E-state index is -3.64. The molecule has 3 rings (SSSR count). The molecule has 1 amide bonds. The zero-order chi connectivity index (χ0) is 21.7. The van der Waals surface area contributed by atoms with Crippen LogP contribution in [-0.2, 0) is 32.5 Å². The van der Waals surface area contributed by atoms with E-state index in [-0.39, 0.29) is 67.3 Å². The summed E-state index contributed by atoms with van der Waals surface area (Å²) in [6.45, 7) is 0.0977. The van der Waals surface area contributed by atoms with Gasteiger partial charge in [-0.25, -0.2) is 13.1 Å². The van der Waals surface area contributed by atoms with Crippen molar-refractivity contribution in [2.75, 3.05) is 18.4 Å². The number of rotatable bonds is 9. The standard InChI is InChI=1S/C20H22ClN3O5S.Na.H/c21-15-2-5-18(6-3-15)30(28,29)24-17-9-13-1-4-16(10-14(13)11-17)23-12-19(25)22-8-7-20(26)27;;/h1-6,10,17,23-24H,7-9,11-12H2,(H,22,25)(H,26,27);;/q;+1;-1. The second-order valence-corrected chi connectivity index (χ2v) is 9.16. The molecule has 0 spiro atoms. The summed E-state index contributed by atoms with van der Waals surface area (Å²) >= 11 is 5.82. The van der Waals surface area contributed by atoms with Gasteiger partial charge in [-0.2, -0.15) is 0 Å². The minimum absolute atomic E-state index is 0. The van der Waals surface area contributed by atoms with Gasteiger partial charge in [0.05, 0.1) is 17.9 Å². The summed E-state index contributed by atoms with van der Waals surface area (Å²) in [5.74, 6) is -1.27. The monoisotopic (exact) mass is 475 g/mol. The number of amides is 1. The molecule has 162 valence electrons. The van der Waals surface area contributed by atoms with Crippen LogP contribution in [0.5, 0.6) is 0 Å². The van der Waals surface area contributed by atoms with Crippen molar-refractivity contribution in [3.05, 3.63) is 58.6 Å². The van der Waals surface area contributed by atoms with E-state index in [1.165, 1.54) is 24.3 Å². The molecule has 1 unspecified atom stereocenters. The quantitative estimate of drug-likeness (QED) is 0.341. The average molecular weight is 476 g/mol. The minimum Gasteiger partial charge on any atom is -1.00 e. The number of carbonyl (C=O) groups excluding carboxylic acids is 1. The van der Waals surface area contributed by atoms with E-state index in [0.717, 1.165) is 16.8 Å². The molecule has 11 heteroatoms. The summed E-state index contributed by atoms with van der Waals surface area (Å²) in [6.07, 6.45) is 0.999. The molecule has 0 saturated carbocycles. The van der Waals surface area contributed by atoms with Crippen LogP contribution in [0.4, 0.5) is 5.69 Å². The number of carbonyl (C=O) groups is 2. The molecular formula is C20H23ClN3NaO5S. The van der Waals surface area contributed by atoms with Crippen LogP contribution in [0.25, 0.3) is 0 Å². The maximum atomic E-state index is 12.6. The van der Waals surface area contributed by atoms with E-state index in [4.69, 9.17) is 16.7 Å². The Bertz CT molecular complexity index is 1050. The van der Waals surface area contributed by atoms with Crippen LogP contribution < -0.4 is 44.9 Å². The van der Waals surface area contributed by atoms with Crippen molar-refractivity contribution in [3.8, 4) is 0 Å². The number of benzene rings is 2. The zero-order valence-electron chi connectivity index (χ0n) is 18.0. The van der Waals surface area contributed by atoms with Crippen LogP contribution >= 0.6 is 11.6 Å². The smallest absolute Gasteiger partial charge is 1.00 e. The Morgan fingerprint density at radius 3 is 2.45 bits per heavy atom. The van der Waals surface area contributed by atoms with E-state index in [9.17, 15) is 18.0 Å². The summed E-state index contributed by atoms with van der Waals surface area (Å²) in [5.41, 5.74) is 2.80. The summed E-state index contributed by atoms with van der Waals surface area (Å²) in [7, 11) is -3.64. The molecule has 0 saturated heterocycles. The molecule has 0 aromatic heterocycles. The van der Waals surface area contributed by atoms with Crippen molar-refractivity contribution >= 4 is 39.2 Å². The van der Waals surface area contributed by atoms with Crippen molar-refractivity contribution < 1.29 is 54.1 Å². The number of hydrogen-bond donors (Lipinski definition) is 4. The number of hydrogen-bond acceptors (Lipinski definition) is 5. The molecule has 1 atom stereocenters. The maximum absolute atomic E-state index is 12.6. The van der Waals surface area contributed by atoms with E-state index in [2.05, 4.69) is 15.4 Å². The number of nitrogens with one attached hydrogen (secondary N) is 3. The molecule has 2 aromatic rings. The Hall–Kier alpha value is -1.62. The van der Waals surface area contributed by atoms with Crippen LogP contribution in [0, 0.1) is 0 Å². The zero-order valence-corrected chi connectivity index (χ0v) is 20.6. The number of carboxylic acid groups (broad SMARTS) is 1. The van der Waals surface area contributed by atoms with Crippen molar-refractivity contribution in [2.24, 2.45) is 0 Å². The third-order valence-electron chi connectivity index (χ3n) is 4.70. The van der Waals surface area contributed by atoms with Crippen LogP contribution in [0.1, 0.15) is 19.0 Å². The predicted molar refractivity (Wildman–Crippen MR) is 114 cm³/mol. The summed E-state index contributed by atoms with van der Waals surface area (Å²) in [4.78, 5) is 22.4. The van der Waals surface area contributed by atoms with E-state index < -0.39 is 16.0 Å². The number of aliphatic carboxylic acids is 1. The Morgan fingerprint density at radius 2 is 1.77 bits per heavy atom. The maximum Gasteiger partial charge on any atom is 1.00 e. The van der Waals surface area contributed by atoms with Crippen molar-refractivity contribution in [1.29, 1.82) is 0 Å². The molecule has 1 aliphatic carbocycles. The largest absolute Gasteiger partial charge is 1.00 e. The molecule has 0 aliphatic heterocycles.